The number of carbonyl (C=O) groups is 1. The molecule has 0 aromatic rings. The van der Waals surface area contributed by atoms with E-state index >= 15 is 0 Å². The number of nitrogens with zero attached hydrogens (tertiary/aromatic N) is 1. The molecule has 0 aromatic carbocycles. The average molecular weight is 199 g/mol. The summed E-state index contributed by atoms with van der Waals surface area (Å²) in [5, 5.41) is 9.14. The maximum absolute atomic E-state index is 11.1. The summed E-state index contributed by atoms with van der Waals surface area (Å²) in [6.07, 6.45) is 5.14. The van der Waals surface area contributed by atoms with Crippen LogP contribution in [0, 0.1) is 0 Å². The zero-order valence-corrected chi connectivity index (χ0v) is 9.20. The van der Waals surface area contributed by atoms with Crippen LogP contribution in [0.25, 0.3) is 0 Å². The van der Waals surface area contributed by atoms with Crippen molar-refractivity contribution in [2.45, 2.75) is 58.0 Å². The minimum atomic E-state index is -0.646. The third-order valence-corrected chi connectivity index (χ3v) is 3.14. The van der Waals surface area contributed by atoms with Gasteiger partial charge in [0, 0.05) is 6.04 Å². The average Bonchev–Trinajstić information content (AvgIpc) is 2.61. The van der Waals surface area contributed by atoms with Gasteiger partial charge in [0.2, 0.25) is 0 Å². The molecule has 82 valence electrons. The molecule has 0 aliphatic carbocycles. The summed E-state index contributed by atoms with van der Waals surface area (Å²) in [5.41, 5.74) is 0. The lowest BCUT2D eigenvalue weighted by atomic mass is 10.1. The molecule has 0 bridgehead atoms. The smallest absolute Gasteiger partial charge is 0.320 e. The SMILES string of the molecule is CCCC(C(=O)O)N1CCCC1CC. The second-order valence-corrected chi connectivity index (χ2v) is 4.08. The molecule has 1 N–H and O–H groups in total. The molecule has 1 aliphatic rings. The van der Waals surface area contributed by atoms with Gasteiger partial charge in [-0.2, -0.15) is 0 Å². The first-order valence-electron chi connectivity index (χ1n) is 5.69. The Morgan fingerprint density at radius 2 is 2.29 bits per heavy atom. The number of carboxylic acids is 1. The van der Waals surface area contributed by atoms with Crippen LogP contribution in [0.2, 0.25) is 0 Å². The molecule has 0 aromatic heterocycles. The highest BCUT2D eigenvalue weighted by molar-refractivity contribution is 5.73. The molecule has 1 aliphatic heterocycles. The third-order valence-electron chi connectivity index (χ3n) is 3.14. The summed E-state index contributed by atoms with van der Waals surface area (Å²) < 4.78 is 0. The van der Waals surface area contributed by atoms with Gasteiger partial charge in [0.1, 0.15) is 6.04 Å². The van der Waals surface area contributed by atoms with Crippen molar-refractivity contribution < 1.29 is 9.90 Å². The Hall–Kier alpha value is -0.570. The summed E-state index contributed by atoms with van der Waals surface area (Å²) >= 11 is 0. The van der Waals surface area contributed by atoms with Gasteiger partial charge in [-0.25, -0.2) is 0 Å². The Balaban J connectivity index is 2.61. The van der Waals surface area contributed by atoms with Gasteiger partial charge in [-0.1, -0.05) is 20.3 Å². The normalized spacial score (nSPS) is 25.1. The predicted molar refractivity (Wildman–Crippen MR) is 56.4 cm³/mol. The Morgan fingerprint density at radius 3 is 2.79 bits per heavy atom. The largest absolute Gasteiger partial charge is 0.480 e. The first kappa shape index (κ1) is 11.5. The maximum atomic E-state index is 11.1. The second kappa shape index (κ2) is 5.35. The number of rotatable bonds is 5. The van der Waals surface area contributed by atoms with Crippen LogP contribution in [0.3, 0.4) is 0 Å². The van der Waals surface area contributed by atoms with Crippen LogP contribution in [0.15, 0.2) is 0 Å². The standard InChI is InChI=1S/C11H21NO2/c1-3-6-10(11(13)14)12-8-5-7-9(12)4-2/h9-10H,3-8H2,1-2H3,(H,13,14). The molecule has 0 radical (unpaired) electrons. The van der Waals surface area contributed by atoms with Gasteiger partial charge in [0.05, 0.1) is 0 Å². The molecule has 1 saturated heterocycles. The lowest BCUT2D eigenvalue weighted by Gasteiger charge is -2.29. The van der Waals surface area contributed by atoms with Crippen LogP contribution in [-0.4, -0.2) is 34.6 Å². The first-order chi connectivity index (χ1) is 6.70. The topological polar surface area (TPSA) is 40.5 Å². The van der Waals surface area contributed by atoms with Gasteiger partial charge in [0.15, 0.2) is 0 Å². The molecule has 2 atom stereocenters. The van der Waals surface area contributed by atoms with Crippen LogP contribution in [0.1, 0.15) is 46.0 Å². The van der Waals surface area contributed by atoms with E-state index in [0.29, 0.717) is 6.04 Å². The fraction of sp³-hybridized carbons (Fsp3) is 0.909. The molecule has 14 heavy (non-hydrogen) atoms. The second-order valence-electron chi connectivity index (χ2n) is 4.08. The van der Waals surface area contributed by atoms with E-state index in [-0.39, 0.29) is 6.04 Å². The Labute approximate surface area is 86.1 Å². The van der Waals surface area contributed by atoms with Crippen molar-refractivity contribution in [3.63, 3.8) is 0 Å². The van der Waals surface area contributed by atoms with Crippen molar-refractivity contribution in [2.24, 2.45) is 0 Å². The summed E-state index contributed by atoms with van der Waals surface area (Å²) in [7, 11) is 0. The van der Waals surface area contributed by atoms with Crippen molar-refractivity contribution in [3.8, 4) is 0 Å². The minimum Gasteiger partial charge on any atom is -0.480 e. The van der Waals surface area contributed by atoms with Crippen LogP contribution in [0.4, 0.5) is 0 Å². The highest BCUT2D eigenvalue weighted by Gasteiger charge is 2.32. The predicted octanol–water partition coefficient (Wildman–Crippen LogP) is 2.11. The van der Waals surface area contributed by atoms with Crippen molar-refractivity contribution >= 4 is 5.97 Å². The van der Waals surface area contributed by atoms with Gasteiger partial charge in [-0.15, -0.1) is 0 Å². The van der Waals surface area contributed by atoms with Crippen LogP contribution in [-0.2, 0) is 4.79 Å². The number of aliphatic carboxylic acids is 1. The molecular weight excluding hydrogens is 178 g/mol. The summed E-state index contributed by atoms with van der Waals surface area (Å²) in [6, 6.07) is 0.259. The number of hydrogen-bond acceptors (Lipinski definition) is 2. The van der Waals surface area contributed by atoms with Crippen LogP contribution >= 0.6 is 0 Å². The molecule has 1 rings (SSSR count). The quantitative estimate of drug-likeness (QED) is 0.737. The van der Waals surface area contributed by atoms with E-state index in [2.05, 4.69) is 11.8 Å². The zero-order chi connectivity index (χ0) is 10.6. The van der Waals surface area contributed by atoms with Gasteiger partial charge in [0.25, 0.3) is 0 Å². The van der Waals surface area contributed by atoms with Crippen molar-refractivity contribution in [1.29, 1.82) is 0 Å². The molecule has 3 heteroatoms. The van der Waals surface area contributed by atoms with Gasteiger partial charge in [-0.3, -0.25) is 9.69 Å². The molecule has 1 heterocycles. The van der Waals surface area contributed by atoms with Crippen molar-refractivity contribution in [3.05, 3.63) is 0 Å². The molecular formula is C11H21NO2. The van der Waals surface area contributed by atoms with Crippen molar-refractivity contribution in [1.82, 2.24) is 4.90 Å². The van der Waals surface area contributed by atoms with Crippen LogP contribution in [0.5, 0.6) is 0 Å². The van der Waals surface area contributed by atoms with E-state index in [1.54, 1.807) is 0 Å². The highest BCUT2D eigenvalue weighted by Crippen LogP contribution is 2.24. The Bertz CT molecular complexity index is 194. The molecule has 0 amide bonds. The van der Waals surface area contributed by atoms with E-state index in [9.17, 15) is 4.79 Å². The Kier molecular flexibility index (Phi) is 4.39. The number of likely N-dealkylation sites (tertiary alicyclic amines) is 1. The third kappa shape index (κ3) is 2.47. The van der Waals surface area contributed by atoms with E-state index in [1.165, 1.54) is 6.42 Å². The molecule has 3 nitrogen and oxygen atoms in total. The van der Waals surface area contributed by atoms with E-state index in [4.69, 9.17) is 5.11 Å². The summed E-state index contributed by atoms with van der Waals surface area (Å²) in [4.78, 5) is 13.3. The van der Waals surface area contributed by atoms with Crippen LogP contribution < -0.4 is 0 Å². The zero-order valence-electron chi connectivity index (χ0n) is 9.20. The van der Waals surface area contributed by atoms with E-state index in [1.807, 2.05) is 6.92 Å². The fourth-order valence-corrected chi connectivity index (χ4v) is 2.41. The minimum absolute atomic E-state index is 0.243. The van der Waals surface area contributed by atoms with Gasteiger partial charge < -0.3 is 5.11 Å². The van der Waals surface area contributed by atoms with E-state index in [0.717, 1.165) is 32.2 Å². The molecule has 0 saturated carbocycles. The lowest BCUT2D eigenvalue weighted by molar-refractivity contribution is -0.144. The molecule has 1 fully saturated rings. The number of hydrogen-bond donors (Lipinski definition) is 1. The Morgan fingerprint density at radius 1 is 1.57 bits per heavy atom. The molecule has 0 spiro atoms. The summed E-state index contributed by atoms with van der Waals surface area (Å²) in [5.74, 6) is -0.646. The highest BCUT2D eigenvalue weighted by atomic mass is 16.4. The monoisotopic (exact) mass is 199 g/mol. The van der Waals surface area contributed by atoms with Gasteiger partial charge >= 0.3 is 5.97 Å². The number of carboxylic acid groups (broad SMARTS) is 1. The first-order valence-corrected chi connectivity index (χ1v) is 5.69. The lowest BCUT2D eigenvalue weighted by Crippen LogP contribution is -2.43. The van der Waals surface area contributed by atoms with E-state index < -0.39 is 5.97 Å². The summed E-state index contributed by atoms with van der Waals surface area (Å²) in [6.45, 7) is 5.16. The maximum Gasteiger partial charge on any atom is 0.320 e. The fourth-order valence-electron chi connectivity index (χ4n) is 2.41. The molecule has 2 unspecified atom stereocenters. The van der Waals surface area contributed by atoms with Crippen molar-refractivity contribution in [2.75, 3.05) is 6.54 Å². The van der Waals surface area contributed by atoms with Gasteiger partial charge in [-0.05, 0) is 32.2 Å².